The van der Waals surface area contributed by atoms with Crippen LogP contribution in [0.3, 0.4) is 0 Å². The summed E-state index contributed by atoms with van der Waals surface area (Å²) in [5, 5.41) is 14.0. The van der Waals surface area contributed by atoms with Gasteiger partial charge in [0.25, 0.3) is 11.1 Å². The van der Waals surface area contributed by atoms with E-state index in [0.717, 1.165) is 30.9 Å². The molecule has 1 N–H and O–H groups in total. The Kier molecular flexibility index (Phi) is 4.43. The number of rotatable bonds is 5. The van der Waals surface area contributed by atoms with Crippen LogP contribution in [-0.4, -0.2) is 15.9 Å². The molecule has 0 amide bonds. The summed E-state index contributed by atoms with van der Waals surface area (Å²) in [6, 6.07) is 15.7. The molecule has 150 valence electrons. The third-order valence-corrected chi connectivity index (χ3v) is 6.90. The number of aromatic nitrogens is 1. The maximum atomic E-state index is 13.2. The van der Waals surface area contributed by atoms with Gasteiger partial charge in [0.1, 0.15) is 6.10 Å². The van der Waals surface area contributed by atoms with Crippen LogP contribution in [0.15, 0.2) is 70.3 Å². The standard InChI is InChI=1S/C24H19NO4S/c1-13(2)18(29-28)11-12-25-23(26)16-8-7-15-14-5-3-4-6-19(14)30-20-10-9-17(24(25)27)21(16)22(15)20/h3-10,18,28H,1,11-12H2,2H3. The molecule has 1 atom stereocenters. The highest BCUT2D eigenvalue weighted by Crippen LogP contribution is 2.39. The van der Waals surface area contributed by atoms with Gasteiger partial charge in [0.2, 0.25) is 0 Å². The minimum absolute atomic E-state index is 0.137. The highest BCUT2D eigenvalue weighted by atomic mass is 32.1. The van der Waals surface area contributed by atoms with Crippen molar-refractivity contribution in [1.82, 2.24) is 4.57 Å². The maximum absolute atomic E-state index is 13.2. The Morgan fingerprint density at radius 1 is 0.967 bits per heavy atom. The summed E-state index contributed by atoms with van der Waals surface area (Å²) in [4.78, 5) is 30.9. The van der Waals surface area contributed by atoms with Crippen LogP contribution in [0.5, 0.6) is 0 Å². The van der Waals surface area contributed by atoms with Crippen molar-refractivity contribution in [3.8, 4) is 0 Å². The lowest BCUT2D eigenvalue weighted by Crippen LogP contribution is -2.34. The van der Waals surface area contributed by atoms with E-state index in [2.05, 4.69) is 23.6 Å². The van der Waals surface area contributed by atoms with Gasteiger partial charge in [0.15, 0.2) is 0 Å². The van der Waals surface area contributed by atoms with Crippen molar-refractivity contribution in [2.75, 3.05) is 0 Å². The third-order valence-electron chi connectivity index (χ3n) is 5.76. The fourth-order valence-electron chi connectivity index (χ4n) is 4.25. The summed E-state index contributed by atoms with van der Waals surface area (Å²) in [5.74, 6) is 0. The Labute approximate surface area is 175 Å². The smallest absolute Gasteiger partial charge is 0.261 e. The molecular formula is C24H19NO4S. The van der Waals surface area contributed by atoms with Crippen LogP contribution in [0, 0.1) is 0 Å². The van der Waals surface area contributed by atoms with Gasteiger partial charge in [-0.15, -0.1) is 11.3 Å². The Bertz CT molecular complexity index is 1530. The monoisotopic (exact) mass is 417 g/mol. The van der Waals surface area contributed by atoms with Crippen LogP contribution >= 0.6 is 11.3 Å². The molecule has 1 unspecified atom stereocenters. The van der Waals surface area contributed by atoms with Gasteiger partial charge in [-0.3, -0.25) is 19.4 Å². The molecule has 0 radical (unpaired) electrons. The second kappa shape index (κ2) is 7.02. The Morgan fingerprint density at radius 2 is 1.63 bits per heavy atom. The molecular weight excluding hydrogens is 398 g/mol. The maximum Gasteiger partial charge on any atom is 0.261 e. The van der Waals surface area contributed by atoms with Crippen LogP contribution in [0.2, 0.25) is 0 Å². The number of fused-ring (bicyclic) bond motifs is 2. The highest BCUT2D eigenvalue weighted by molar-refractivity contribution is 7.25. The van der Waals surface area contributed by atoms with Crippen molar-refractivity contribution in [2.45, 2.75) is 26.0 Å². The van der Waals surface area contributed by atoms with Gasteiger partial charge in [0, 0.05) is 37.5 Å². The summed E-state index contributed by atoms with van der Waals surface area (Å²) < 4.78 is 3.45. The van der Waals surface area contributed by atoms with E-state index >= 15 is 0 Å². The molecule has 30 heavy (non-hydrogen) atoms. The molecule has 5 nitrogen and oxygen atoms in total. The van der Waals surface area contributed by atoms with Gasteiger partial charge in [-0.05, 0) is 54.0 Å². The zero-order valence-electron chi connectivity index (χ0n) is 16.3. The van der Waals surface area contributed by atoms with Crippen LogP contribution < -0.4 is 11.1 Å². The topological polar surface area (TPSA) is 68.5 Å². The number of benzene rings is 3. The van der Waals surface area contributed by atoms with Crippen molar-refractivity contribution in [2.24, 2.45) is 0 Å². The van der Waals surface area contributed by atoms with E-state index in [9.17, 15) is 9.59 Å². The van der Waals surface area contributed by atoms with E-state index in [1.165, 1.54) is 4.57 Å². The van der Waals surface area contributed by atoms with Crippen molar-refractivity contribution in [1.29, 1.82) is 0 Å². The van der Waals surface area contributed by atoms with E-state index < -0.39 is 6.10 Å². The van der Waals surface area contributed by atoms with Gasteiger partial charge >= 0.3 is 0 Å². The lowest BCUT2D eigenvalue weighted by molar-refractivity contribution is -0.270. The molecule has 6 heteroatoms. The first-order chi connectivity index (χ1) is 14.5. The van der Waals surface area contributed by atoms with Gasteiger partial charge < -0.3 is 0 Å². The number of pyridine rings is 1. The second-order valence-corrected chi connectivity index (χ2v) is 8.69. The van der Waals surface area contributed by atoms with E-state index in [4.69, 9.17) is 5.26 Å². The number of hydrogen-bond acceptors (Lipinski definition) is 5. The second-order valence-electron chi connectivity index (χ2n) is 7.61. The van der Waals surface area contributed by atoms with Gasteiger partial charge in [-0.1, -0.05) is 30.8 Å². The van der Waals surface area contributed by atoms with Crippen LogP contribution in [0.25, 0.3) is 41.7 Å². The lowest BCUT2D eigenvalue weighted by Gasteiger charge is -2.16. The van der Waals surface area contributed by atoms with Gasteiger partial charge in [0.05, 0.1) is 0 Å². The molecule has 0 aliphatic heterocycles. The van der Waals surface area contributed by atoms with E-state index in [-0.39, 0.29) is 24.1 Å². The largest absolute Gasteiger partial charge is 0.274 e. The summed E-state index contributed by atoms with van der Waals surface area (Å²) in [6.07, 6.45) is -0.350. The van der Waals surface area contributed by atoms with Crippen molar-refractivity contribution >= 4 is 53.1 Å². The summed E-state index contributed by atoms with van der Waals surface area (Å²) in [7, 11) is 0. The fraction of sp³-hybridized carbons (Fsp3) is 0.167. The molecule has 5 rings (SSSR count). The molecule has 0 bridgehead atoms. The van der Waals surface area contributed by atoms with E-state index in [1.54, 1.807) is 18.3 Å². The summed E-state index contributed by atoms with van der Waals surface area (Å²) >= 11 is 1.66. The molecule has 3 aromatic carbocycles. The molecule has 0 saturated carbocycles. The predicted octanol–water partition coefficient (Wildman–Crippen LogP) is 5.15. The van der Waals surface area contributed by atoms with Gasteiger partial charge in [-0.25, -0.2) is 4.89 Å². The lowest BCUT2D eigenvalue weighted by atomic mass is 9.97. The molecule has 2 aromatic heterocycles. The first-order valence-corrected chi connectivity index (χ1v) is 10.5. The molecule has 0 aliphatic rings. The van der Waals surface area contributed by atoms with E-state index in [0.29, 0.717) is 16.3 Å². The quantitative estimate of drug-likeness (QED) is 0.141. The highest BCUT2D eigenvalue weighted by Gasteiger charge is 2.19. The van der Waals surface area contributed by atoms with Crippen molar-refractivity contribution in [3.63, 3.8) is 0 Å². The third kappa shape index (κ3) is 2.69. The number of nitrogens with zero attached hydrogens (tertiary/aromatic N) is 1. The zero-order chi connectivity index (χ0) is 21.0. The zero-order valence-corrected chi connectivity index (χ0v) is 17.2. The Balaban J connectivity index is 1.81. The van der Waals surface area contributed by atoms with Crippen molar-refractivity contribution < 1.29 is 10.1 Å². The molecule has 0 fully saturated rings. The average Bonchev–Trinajstić information content (AvgIpc) is 2.75. The molecule has 2 heterocycles. The van der Waals surface area contributed by atoms with Gasteiger partial charge in [-0.2, -0.15) is 0 Å². The van der Waals surface area contributed by atoms with E-state index in [1.807, 2.05) is 36.4 Å². The van der Waals surface area contributed by atoms with Crippen molar-refractivity contribution in [3.05, 3.63) is 81.4 Å². The summed E-state index contributed by atoms with van der Waals surface area (Å²) in [5.41, 5.74) is -0.0130. The number of hydrogen-bond donors (Lipinski definition) is 1. The molecule has 5 aromatic rings. The Hall–Kier alpha value is -3.06. The molecule has 0 spiro atoms. The normalized spacial score (nSPS) is 13.0. The minimum atomic E-state index is -0.629. The Morgan fingerprint density at radius 3 is 2.33 bits per heavy atom. The van der Waals surface area contributed by atoms with Crippen LogP contribution in [-0.2, 0) is 11.4 Å². The van der Waals surface area contributed by atoms with Crippen LogP contribution in [0.1, 0.15) is 13.3 Å². The minimum Gasteiger partial charge on any atom is -0.274 e. The molecule has 0 aliphatic carbocycles. The average molecular weight is 417 g/mol. The fourth-order valence-corrected chi connectivity index (χ4v) is 5.37. The summed E-state index contributed by atoms with van der Waals surface area (Å²) in [6.45, 7) is 5.64. The molecule has 0 saturated heterocycles. The first-order valence-electron chi connectivity index (χ1n) is 9.70. The SMILES string of the molecule is C=C(C)C(CCn1c(=O)c2ccc3sc4ccccc4c4ccc(c1=O)c2c34)OO. The predicted molar refractivity (Wildman–Crippen MR) is 123 cm³/mol. The van der Waals surface area contributed by atoms with Crippen LogP contribution in [0.4, 0.5) is 0 Å². The first kappa shape index (κ1) is 18.9.